The lowest BCUT2D eigenvalue weighted by Crippen LogP contribution is -2.27. The van der Waals surface area contributed by atoms with Gasteiger partial charge >= 0.3 is 0 Å². The minimum atomic E-state index is -0.00118. The summed E-state index contributed by atoms with van der Waals surface area (Å²) in [6.07, 6.45) is 4.36. The van der Waals surface area contributed by atoms with Gasteiger partial charge in [0.05, 0.1) is 0 Å². The van der Waals surface area contributed by atoms with Crippen molar-refractivity contribution in [2.45, 2.75) is 45.4 Å². The monoisotopic (exact) mass is 334 g/mol. The molecule has 0 fully saturated rings. The lowest BCUT2D eigenvalue weighted by Gasteiger charge is -2.17. The van der Waals surface area contributed by atoms with Crippen LogP contribution in [-0.2, 0) is 14.3 Å². The Labute approximate surface area is 145 Å². The van der Waals surface area contributed by atoms with Crippen molar-refractivity contribution < 1.29 is 14.3 Å². The largest absolute Gasteiger partial charge is 0.381 e. The van der Waals surface area contributed by atoms with E-state index >= 15 is 0 Å². The Morgan fingerprint density at radius 1 is 1.04 bits per heavy atom. The minimum Gasteiger partial charge on any atom is -0.381 e. The number of nitrogens with one attached hydrogen (secondary N) is 1. The highest BCUT2D eigenvalue weighted by molar-refractivity contribution is 5.92. The highest BCUT2D eigenvalue weighted by atomic mass is 16.5. The third kappa shape index (κ3) is 8.67. The van der Waals surface area contributed by atoms with Crippen molar-refractivity contribution in [2.75, 3.05) is 31.7 Å². The van der Waals surface area contributed by atoms with E-state index < -0.39 is 0 Å². The van der Waals surface area contributed by atoms with Crippen LogP contribution in [0.1, 0.15) is 45.4 Å². The number of nitrogens with zero attached hydrogens (tertiary/aromatic N) is 1. The average Bonchev–Trinajstić information content (AvgIpc) is 2.61. The summed E-state index contributed by atoms with van der Waals surface area (Å²) in [6, 6.07) is 9.51. The zero-order chi connectivity index (χ0) is 17.6. The Balaban J connectivity index is 2.07. The lowest BCUT2D eigenvalue weighted by atomic mass is 10.2. The van der Waals surface area contributed by atoms with E-state index in [1.807, 2.05) is 30.3 Å². The topological polar surface area (TPSA) is 58.6 Å². The first-order valence-electron chi connectivity index (χ1n) is 8.81. The molecule has 0 aliphatic carbocycles. The van der Waals surface area contributed by atoms with Gasteiger partial charge in [0.15, 0.2) is 0 Å². The fourth-order valence-electron chi connectivity index (χ4n) is 2.20. The molecule has 0 radical (unpaired) electrons. The summed E-state index contributed by atoms with van der Waals surface area (Å²) < 4.78 is 5.44. The number of hydrogen-bond donors (Lipinski definition) is 1. The molecule has 0 aliphatic rings. The maximum Gasteiger partial charge on any atom is 0.226 e. The van der Waals surface area contributed by atoms with E-state index in [1.165, 1.54) is 0 Å². The molecule has 1 aromatic carbocycles. The van der Waals surface area contributed by atoms with Crippen molar-refractivity contribution in [2.24, 2.45) is 0 Å². The Morgan fingerprint density at radius 2 is 1.75 bits per heavy atom. The second-order valence-electron chi connectivity index (χ2n) is 5.81. The maximum absolute atomic E-state index is 12.1. The average molecular weight is 334 g/mol. The van der Waals surface area contributed by atoms with E-state index in [2.05, 4.69) is 12.2 Å². The van der Waals surface area contributed by atoms with E-state index in [4.69, 9.17) is 4.74 Å². The summed E-state index contributed by atoms with van der Waals surface area (Å²) in [5.74, 6) is 0.0250. The molecule has 1 rings (SSSR count). The number of rotatable bonds is 12. The van der Waals surface area contributed by atoms with Crippen LogP contribution in [0.2, 0.25) is 0 Å². The van der Waals surface area contributed by atoms with Gasteiger partial charge in [0.2, 0.25) is 11.8 Å². The summed E-state index contributed by atoms with van der Waals surface area (Å²) in [7, 11) is 1.76. The Bertz CT molecular complexity index is 477. The zero-order valence-electron chi connectivity index (χ0n) is 14.9. The Morgan fingerprint density at radius 3 is 2.46 bits per heavy atom. The molecule has 0 aromatic heterocycles. The molecule has 0 saturated carbocycles. The summed E-state index contributed by atoms with van der Waals surface area (Å²) in [6.45, 7) is 4.23. The Hall–Kier alpha value is -1.88. The molecule has 5 heteroatoms. The quantitative estimate of drug-likeness (QED) is 0.597. The van der Waals surface area contributed by atoms with Gasteiger partial charge in [0.1, 0.15) is 0 Å². The number of para-hydroxylation sites is 1. The van der Waals surface area contributed by atoms with Crippen molar-refractivity contribution in [3.05, 3.63) is 30.3 Å². The van der Waals surface area contributed by atoms with E-state index in [9.17, 15) is 9.59 Å². The molecule has 1 aromatic rings. The molecule has 24 heavy (non-hydrogen) atoms. The van der Waals surface area contributed by atoms with Crippen LogP contribution in [0.5, 0.6) is 0 Å². The van der Waals surface area contributed by atoms with Gasteiger partial charge < -0.3 is 15.0 Å². The molecule has 0 spiro atoms. The van der Waals surface area contributed by atoms with Crippen LogP contribution in [0.15, 0.2) is 30.3 Å². The van der Waals surface area contributed by atoms with Gasteiger partial charge in [0, 0.05) is 45.3 Å². The van der Waals surface area contributed by atoms with Crippen LogP contribution in [0.4, 0.5) is 5.69 Å². The van der Waals surface area contributed by atoms with Crippen molar-refractivity contribution in [1.29, 1.82) is 0 Å². The number of amides is 2. The van der Waals surface area contributed by atoms with Gasteiger partial charge in [-0.25, -0.2) is 0 Å². The summed E-state index contributed by atoms with van der Waals surface area (Å²) in [4.78, 5) is 25.4. The van der Waals surface area contributed by atoms with Gasteiger partial charge in [-0.05, 0) is 31.4 Å². The molecule has 1 N–H and O–H groups in total. The zero-order valence-corrected chi connectivity index (χ0v) is 14.9. The molecule has 134 valence electrons. The number of ether oxygens (including phenoxy) is 1. The second-order valence-corrected chi connectivity index (χ2v) is 5.81. The highest BCUT2D eigenvalue weighted by Gasteiger charge is 2.11. The van der Waals surface area contributed by atoms with Crippen LogP contribution in [0.3, 0.4) is 0 Å². The van der Waals surface area contributed by atoms with Crippen LogP contribution >= 0.6 is 0 Å². The summed E-state index contributed by atoms with van der Waals surface area (Å²) in [5.41, 5.74) is 0.870. The predicted molar refractivity (Wildman–Crippen MR) is 97.1 cm³/mol. The van der Waals surface area contributed by atoms with E-state index in [1.54, 1.807) is 11.9 Å². The third-order valence-electron chi connectivity index (χ3n) is 3.74. The molecule has 0 aliphatic heterocycles. The van der Waals surface area contributed by atoms with Crippen LogP contribution < -0.4 is 10.2 Å². The number of benzene rings is 1. The van der Waals surface area contributed by atoms with Gasteiger partial charge in [-0.3, -0.25) is 9.59 Å². The first-order chi connectivity index (χ1) is 11.6. The van der Waals surface area contributed by atoms with Crippen LogP contribution in [0, 0.1) is 0 Å². The lowest BCUT2D eigenvalue weighted by molar-refractivity contribution is -0.121. The molecule has 0 saturated heterocycles. The van der Waals surface area contributed by atoms with Crippen LogP contribution in [0.25, 0.3) is 0 Å². The van der Waals surface area contributed by atoms with Crippen molar-refractivity contribution in [3.63, 3.8) is 0 Å². The predicted octanol–water partition coefficient (Wildman–Crippen LogP) is 3.14. The Kier molecular flexibility index (Phi) is 10.5. The first kappa shape index (κ1) is 20.2. The van der Waals surface area contributed by atoms with E-state index in [0.29, 0.717) is 32.4 Å². The first-order valence-corrected chi connectivity index (χ1v) is 8.81. The molecule has 5 nitrogen and oxygen atoms in total. The molecule has 0 heterocycles. The highest BCUT2D eigenvalue weighted by Crippen LogP contribution is 2.13. The third-order valence-corrected chi connectivity index (χ3v) is 3.74. The smallest absolute Gasteiger partial charge is 0.226 e. The van der Waals surface area contributed by atoms with Crippen molar-refractivity contribution >= 4 is 17.5 Å². The summed E-state index contributed by atoms with van der Waals surface area (Å²) >= 11 is 0. The van der Waals surface area contributed by atoms with Crippen LogP contribution in [-0.4, -0.2) is 38.6 Å². The number of carbonyl (C=O) groups is 2. The van der Waals surface area contributed by atoms with Gasteiger partial charge in [-0.2, -0.15) is 0 Å². The molecule has 2 amide bonds. The van der Waals surface area contributed by atoms with Gasteiger partial charge in [-0.1, -0.05) is 31.5 Å². The molecule has 0 bridgehead atoms. The minimum absolute atomic E-state index is 0.00118. The number of unbranched alkanes of at least 4 members (excludes halogenated alkanes) is 1. The standard InChI is InChI=1S/C19H30N2O3/c1-3-4-15-24-16-9-14-20-18(22)12-8-13-19(23)21(2)17-10-6-5-7-11-17/h5-7,10-11H,3-4,8-9,12-16H2,1-2H3,(H,20,22). The fraction of sp³-hybridized carbons (Fsp3) is 0.579. The number of anilines is 1. The van der Waals surface area contributed by atoms with E-state index in [0.717, 1.165) is 31.6 Å². The number of carbonyl (C=O) groups excluding carboxylic acids is 2. The van der Waals surface area contributed by atoms with Crippen molar-refractivity contribution in [1.82, 2.24) is 5.32 Å². The van der Waals surface area contributed by atoms with Crippen molar-refractivity contribution in [3.8, 4) is 0 Å². The van der Waals surface area contributed by atoms with Gasteiger partial charge in [-0.15, -0.1) is 0 Å². The second kappa shape index (κ2) is 12.5. The SMILES string of the molecule is CCCCOCCCNC(=O)CCCC(=O)N(C)c1ccccc1. The molecular formula is C19H30N2O3. The molecule has 0 unspecified atom stereocenters. The van der Waals surface area contributed by atoms with Gasteiger partial charge in [0.25, 0.3) is 0 Å². The normalized spacial score (nSPS) is 10.4. The summed E-state index contributed by atoms with van der Waals surface area (Å²) in [5, 5.41) is 2.86. The van der Waals surface area contributed by atoms with E-state index in [-0.39, 0.29) is 11.8 Å². The fourth-order valence-corrected chi connectivity index (χ4v) is 2.20. The number of hydrogen-bond acceptors (Lipinski definition) is 3. The molecular weight excluding hydrogens is 304 g/mol. The molecule has 0 atom stereocenters. The maximum atomic E-state index is 12.1.